The summed E-state index contributed by atoms with van der Waals surface area (Å²) in [6.45, 7) is 0. The normalized spacial score (nSPS) is 8.75. The summed E-state index contributed by atoms with van der Waals surface area (Å²) in [5.41, 5.74) is 0. The van der Waals surface area contributed by atoms with Gasteiger partial charge in [0.1, 0.15) is 0 Å². The second-order valence-corrected chi connectivity index (χ2v) is 3.21. The maximum atomic E-state index is 3.24. The Kier molecular flexibility index (Phi) is 8.70. The minimum atomic E-state index is 0.883. The zero-order valence-electron chi connectivity index (χ0n) is 4.03. The first kappa shape index (κ1) is 8.86. The van der Waals surface area contributed by atoms with Gasteiger partial charge in [0.15, 0.2) is 0 Å². The Morgan fingerprint density at radius 3 is 3.00 bits per heavy atom. The van der Waals surface area contributed by atoms with Crippen LogP contribution in [0.25, 0.3) is 0 Å². The summed E-state index contributed by atoms with van der Waals surface area (Å²) in [6.07, 6.45) is 3.79. The van der Waals surface area contributed by atoms with Crippen molar-refractivity contribution in [3.05, 3.63) is 12.2 Å². The molecule has 0 radical (unpaired) electrons. The molecule has 8 heavy (non-hydrogen) atoms. The van der Waals surface area contributed by atoms with Crippen LogP contribution >= 0.6 is 46.1 Å². The predicted octanol–water partition coefficient (Wildman–Crippen LogP) is 2.98. The van der Waals surface area contributed by atoms with Crippen molar-refractivity contribution in [1.29, 1.82) is 0 Å². The minimum absolute atomic E-state index is 0.883. The molecule has 44 valence electrons. The van der Waals surface area contributed by atoms with Gasteiger partial charge in [-0.1, -0.05) is 27.9 Å². The molecule has 0 aliphatic heterocycles. The molecule has 0 bridgehead atoms. The van der Waals surface area contributed by atoms with Crippen LogP contribution in [-0.2, 0) is 0 Å². The van der Waals surface area contributed by atoms with Crippen molar-refractivity contribution in [1.82, 2.24) is 0 Å². The van der Waals surface area contributed by atoms with Crippen LogP contribution in [-0.4, -0.2) is 5.33 Å². The molecule has 0 amide bonds. The molecule has 0 spiro atoms. The van der Waals surface area contributed by atoms with E-state index in [2.05, 4.69) is 48.3 Å². The van der Waals surface area contributed by atoms with Crippen molar-refractivity contribution < 1.29 is 0 Å². The minimum Gasteiger partial charge on any atom is -0.0883 e. The summed E-state index contributed by atoms with van der Waals surface area (Å²) in [6, 6.07) is 0. The van der Waals surface area contributed by atoms with E-state index in [0.29, 0.717) is 0 Å². The first-order valence-electron chi connectivity index (χ1n) is 1.91. The molecule has 0 aromatic carbocycles. The van der Waals surface area contributed by atoms with E-state index in [1.807, 2.05) is 12.2 Å². The van der Waals surface area contributed by atoms with Gasteiger partial charge in [-0.2, -0.15) is 0 Å². The van der Waals surface area contributed by atoms with Gasteiger partial charge in [-0.3, -0.25) is 0 Å². The number of allylic oxidation sites excluding steroid dienone is 2. The second-order valence-electron chi connectivity index (χ2n) is 0.880. The fourth-order valence-corrected chi connectivity index (χ4v) is 0.841. The van der Waals surface area contributed by atoms with Gasteiger partial charge in [0.05, 0.1) is 0 Å². The first-order chi connectivity index (χ1) is 3.91. The van der Waals surface area contributed by atoms with Gasteiger partial charge in [0.25, 0.3) is 0 Å². The molecule has 0 rings (SSSR count). The van der Waals surface area contributed by atoms with Crippen molar-refractivity contribution in [3.8, 4) is 11.2 Å². The average Bonchev–Trinajstić information content (AvgIpc) is 1.81. The van der Waals surface area contributed by atoms with Gasteiger partial charge in [-0.25, -0.2) is 0 Å². The lowest BCUT2D eigenvalue weighted by atomic mass is 10.5. The highest BCUT2D eigenvalue weighted by Crippen LogP contribution is 2.06. The van der Waals surface area contributed by atoms with Crippen molar-refractivity contribution in [3.63, 3.8) is 0 Å². The SMILES string of the molecule is BrC/C=C/C#CSI. The first-order valence-corrected chi connectivity index (χ1v) is 6.39. The zero-order valence-corrected chi connectivity index (χ0v) is 8.59. The lowest BCUT2D eigenvalue weighted by Crippen LogP contribution is -1.53. The lowest BCUT2D eigenvalue weighted by Gasteiger charge is -1.66. The highest BCUT2D eigenvalue weighted by atomic mass is 127. The molecule has 3 heteroatoms. The Morgan fingerprint density at radius 1 is 1.75 bits per heavy atom. The number of hydrogen-bond donors (Lipinski definition) is 0. The standard InChI is InChI=1S/C5H4BrIS/c6-4-2-1-3-5-8-7/h1-2H,4H2/b2-1+. The molecule has 0 nitrogen and oxygen atoms in total. The smallest absolute Gasteiger partial charge is 0.0221 e. The number of hydrogen-bond acceptors (Lipinski definition) is 1. The maximum absolute atomic E-state index is 3.24. The number of alkyl halides is 1. The van der Waals surface area contributed by atoms with Crippen molar-refractivity contribution in [2.75, 3.05) is 5.33 Å². The van der Waals surface area contributed by atoms with Crippen LogP contribution in [0.1, 0.15) is 0 Å². The molecule has 0 saturated heterocycles. The van der Waals surface area contributed by atoms with Crippen molar-refractivity contribution >= 4 is 46.1 Å². The summed E-state index contributed by atoms with van der Waals surface area (Å²) in [4.78, 5) is 0. The van der Waals surface area contributed by atoms with E-state index in [1.54, 1.807) is 0 Å². The summed E-state index contributed by atoms with van der Waals surface area (Å²) in [7, 11) is 1.49. The molecule has 0 aliphatic carbocycles. The number of rotatable bonds is 1. The van der Waals surface area contributed by atoms with E-state index >= 15 is 0 Å². The average molecular weight is 303 g/mol. The summed E-state index contributed by atoms with van der Waals surface area (Å²) < 4.78 is 0. The molecular weight excluding hydrogens is 299 g/mol. The molecule has 0 fully saturated rings. The Bertz CT molecular complexity index is 122. The third-order valence-electron chi connectivity index (χ3n) is 0.388. The molecule has 0 heterocycles. The molecule has 0 N–H and O–H groups in total. The maximum Gasteiger partial charge on any atom is 0.0221 e. The lowest BCUT2D eigenvalue weighted by molar-refractivity contribution is 1.82. The quantitative estimate of drug-likeness (QED) is 0.408. The highest BCUT2D eigenvalue weighted by Gasteiger charge is 1.62. The predicted molar refractivity (Wildman–Crippen MR) is 52.3 cm³/mol. The Morgan fingerprint density at radius 2 is 2.50 bits per heavy atom. The van der Waals surface area contributed by atoms with Crippen LogP contribution in [0.5, 0.6) is 0 Å². The van der Waals surface area contributed by atoms with Crippen molar-refractivity contribution in [2.45, 2.75) is 0 Å². The summed E-state index contributed by atoms with van der Waals surface area (Å²) in [5.74, 6) is 2.83. The van der Waals surface area contributed by atoms with E-state index in [0.717, 1.165) is 5.33 Å². The summed E-state index contributed by atoms with van der Waals surface area (Å²) >= 11 is 5.37. The fraction of sp³-hybridized carbons (Fsp3) is 0.200. The molecule has 0 saturated carbocycles. The van der Waals surface area contributed by atoms with Crippen LogP contribution in [0.2, 0.25) is 0 Å². The Balaban J connectivity index is 3.26. The van der Waals surface area contributed by atoms with Crippen LogP contribution in [0.3, 0.4) is 0 Å². The fourth-order valence-electron chi connectivity index (χ4n) is 0.160. The molecular formula is C5H4BrIS. The van der Waals surface area contributed by atoms with Crippen molar-refractivity contribution in [2.24, 2.45) is 0 Å². The van der Waals surface area contributed by atoms with E-state index in [-0.39, 0.29) is 0 Å². The molecule has 0 aromatic heterocycles. The second kappa shape index (κ2) is 7.86. The van der Waals surface area contributed by atoms with Crippen LogP contribution in [0.15, 0.2) is 12.2 Å². The summed E-state index contributed by atoms with van der Waals surface area (Å²) in [5, 5.41) is 3.71. The van der Waals surface area contributed by atoms with E-state index in [4.69, 9.17) is 0 Å². The Labute approximate surface area is 74.2 Å². The van der Waals surface area contributed by atoms with Crippen LogP contribution in [0, 0.1) is 11.2 Å². The van der Waals surface area contributed by atoms with E-state index in [1.165, 1.54) is 8.93 Å². The largest absolute Gasteiger partial charge is 0.0883 e. The van der Waals surface area contributed by atoms with E-state index < -0.39 is 0 Å². The Hall–Kier alpha value is 0.860. The van der Waals surface area contributed by atoms with Crippen LogP contribution < -0.4 is 0 Å². The van der Waals surface area contributed by atoms with Gasteiger partial charge in [-0.05, 0) is 20.3 Å². The molecule has 0 unspecified atom stereocenters. The van der Waals surface area contributed by atoms with E-state index in [9.17, 15) is 0 Å². The number of halogens is 2. The zero-order chi connectivity index (χ0) is 6.24. The van der Waals surface area contributed by atoms with Gasteiger partial charge in [0.2, 0.25) is 0 Å². The molecule has 0 aromatic rings. The van der Waals surface area contributed by atoms with Crippen LogP contribution in [0.4, 0.5) is 0 Å². The third-order valence-corrected chi connectivity index (χ3v) is 1.62. The van der Waals surface area contributed by atoms with Gasteiger partial charge in [0, 0.05) is 26.5 Å². The van der Waals surface area contributed by atoms with Gasteiger partial charge < -0.3 is 0 Å². The van der Waals surface area contributed by atoms with Gasteiger partial charge in [-0.15, -0.1) is 0 Å². The van der Waals surface area contributed by atoms with Gasteiger partial charge >= 0.3 is 0 Å². The monoisotopic (exact) mass is 302 g/mol. The highest BCUT2D eigenvalue weighted by molar-refractivity contribution is 14.2. The third kappa shape index (κ3) is 6.86. The molecule has 0 aliphatic rings. The molecule has 0 atom stereocenters. The topological polar surface area (TPSA) is 0 Å².